The van der Waals surface area contributed by atoms with Crippen molar-refractivity contribution in [1.29, 1.82) is 0 Å². The van der Waals surface area contributed by atoms with E-state index in [-0.39, 0.29) is 0 Å². The van der Waals surface area contributed by atoms with Crippen molar-refractivity contribution < 1.29 is 19.0 Å². The van der Waals surface area contributed by atoms with Gasteiger partial charge in [0, 0.05) is 6.07 Å². The van der Waals surface area contributed by atoms with Crippen LogP contribution in [-0.2, 0) is 0 Å². The van der Waals surface area contributed by atoms with Crippen LogP contribution in [0.3, 0.4) is 0 Å². The van der Waals surface area contributed by atoms with E-state index >= 15 is 0 Å². The Morgan fingerprint density at radius 1 is 1.13 bits per heavy atom. The summed E-state index contributed by atoms with van der Waals surface area (Å²) < 4.78 is 15.5. The Bertz CT molecular complexity index is 347. The maximum absolute atomic E-state index is 10.8. The van der Waals surface area contributed by atoms with Crippen LogP contribution in [0.25, 0.3) is 0 Å². The minimum absolute atomic E-state index is 0.453. The number of hydrogen-bond donors (Lipinski definition) is 0. The van der Waals surface area contributed by atoms with Gasteiger partial charge in [0.2, 0.25) is 0 Å². The van der Waals surface area contributed by atoms with Gasteiger partial charge in [0.1, 0.15) is 5.75 Å². The third-order valence-corrected chi connectivity index (χ3v) is 1.94. The maximum atomic E-state index is 10.8. The summed E-state index contributed by atoms with van der Waals surface area (Å²) in [6, 6.07) is 3.24. The first kappa shape index (κ1) is 11.4. The van der Waals surface area contributed by atoms with Crippen LogP contribution in [0.2, 0.25) is 0 Å². The highest BCUT2D eigenvalue weighted by Crippen LogP contribution is 2.33. The standard InChI is InChI=1S/C11H14O4/c1-4-15-9-6-11(14-3)10(13-2)5-8(9)7-12/h5-7H,4H2,1-3H3. The van der Waals surface area contributed by atoms with Gasteiger partial charge < -0.3 is 14.2 Å². The number of benzene rings is 1. The average Bonchev–Trinajstić information content (AvgIpc) is 2.28. The zero-order valence-corrected chi connectivity index (χ0v) is 9.07. The van der Waals surface area contributed by atoms with Gasteiger partial charge in [-0.25, -0.2) is 0 Å². The molecule has 0 bridgehead atoms. The van der Waals surface area contributed by atoms with E-state index in [0.717, 1.165) is 6.29 Å². The molecule has 0 aliphatic rings. The molecule has 0 aliphatic heterocycles. The third-order valence-electron chi connectivity index (χ3n) is 1.94. The normalized spacial score (nSPS) is 9.53. The smallest absolute Gasteiger partial charge is 0.164 e. The third kappa shape index (κ3) is 2.40. The molecule has 15 heavy (non-hydrogen) atoms. The zero-order chi connectivity index (χ0) is 11.3. The Balaban J connectivity index is 3.20. The van der Waals surface area contributed by atoms with Crippen molar-refractivity contribution >= 4 is 6.29 Å². The molecule has 4 nitrogen and oxygen atoms in total. The molecule has 0 spiro atoms. The molecule has 1 aromatic carbocycles. The van der Waals surface area contributed by atoms with Gasteiger partial charge in [-0.3, -0.25) is 4.79 Å². The number of rotatable bonds is 5. The molecule has 1 aromatic rings. The Labute approximate surface area is 88.8 Å². The molecule has 0 radical (unpaired) electrons. The van der Waals surface area contributed by atoms with Crippen LogP contribution >= 0.6 is 0 Å². The fourth-order valence-corrected chi connectivity index (χ4v) is 1.25. The van der Waals surface area contributed by atoms with Gasteiger partial charge in [-0.15, -0.1) is 0 Å². The van der Waals surface area contributed by atoms with Crippen LogP contribution in [0.4, 0.5) is 0 Å². The highest BCUT2D eigenvalue weighted by Gasteiger charge is 2.11. The summed E-state index contributed by atoms with van der Waals surface area (Å²) in [6.45, 7) is 2.35. The van der Waals surface area contributed by atoms with E-state index in [1.807, 2.05) is 6.92 Å². The average molecular weight is 210 g/mol. The topological polar surface area (TPSA) is 44.8 Å². The number of carbonyl (C=O) groups is 1. The molecule has 0 heterocycles. The molecule has 0 saturated carbocycles. The van der Waals surface area contributed by atoms with E-state index in [2.05, 4.69) is 0 Å². The molecular formula is C11H14O4. The van der Waals surface area contributed by atoms with Crippen LogP contribution in [0.5, 0.6) is 17.2 Å². The van der Waals surface area contributed by atoms with Gasteiger partial charge in [-0.05, 0) is 13.0 Å². The van der Waals surface area contributed by atoms with E-state index in [1.165, 1.54) is 14.2 Å². The maximum Gasteiger partial charge on any atom is 0.164 e. The second-order valence-electron chi connectivity index (χ2n) is 2.80. The molecule has 82 valence electrons. The lowest BCUT2D eigenvalue weighted by atomic mass is 10.2. The van der Waals surface area contributed by atoms with Crippen LogP contribution in [-0.4, -0.2) is 27.1 Å². The van der Waals surface area contributed by atoms with Gasteiger partial charge in [-0.2, -0.15) is 0 Å². The van der Waals surface area contributed by atoms with Crippen molar-refractivity contribution in [3.8, 4) is 17.2 Å². The molecule has 4 heteroatoms. The molecule has 0 saturated heterocycles. The Morgan fingerprint density at radius 2 is 1.73 bits per heavy atom. The highest BCUT2D eigenvalue weighted by molar-refractivity contribution is 5.81. The minimum Gasteiger partial charge on any atom is -0.493 e. The number of hydrogen-bond acceptors (Lipinski definition) is 4. The number of methoxy groups -OCH3 is 2. The zero-order valence-electron chi connectivity index (χ0n) is 9.07. The predicted octanol–water partition coefficient (Wildman–Crippen LogP) is 1.91. The number of aldehydes is 1. The van der Waals surface area contributed by atoms with Gasteiger partial charge in [0.25, 0.3) is 0 Å². The number of ether oxygens (including phenoxy) is 3. The summed E-state index contributed by atoms with van der Waals surface area (Å²) >= 11 is 0. The summed E-state index contributed by atoms with van der Waals surface area (Å²) in [4.78, 5) is 10.8. The Hall–Kier alpha value is -1.71. The molecule has 0 aliphatic carbocycles. The molecule has 1 rings (SSSR count). The van der Waals surface area contributed by atoms with E-state index < -0.39 is 0 Å². The van der Waals surface area contributed by atoms with E-state index in [9.17, 15) is 4.79 Å². The lowest BCUT2D eigenvalue weighted by Crippen LogP contribution is -1.99. The molecule has 0 atom stereocenters. The molecule has 0 aromatic heterocycles. The van der Waals surface area contributed by atoms with E-state index in [1.54, 1.807) is 12.1 Å². The first-order valence-corrected chi connectivity index (χ1v) is 4.60. The SMILES string of the molecule is CCOc1cc(OC)c(OC)cc1C=O. The number of carbonyl (C=O) groups excluding carboxylic acids is 1. The Kier molecular flexibility index (Phi) is 3.97. The minimum atomic E-state index is 0.453. The van der Waals surface area contributed by atoms with Crippen molar-refractivity contribution in [2.24, 2.45) is 0 Å². The van der Waals surface area contributed by atoms with Crippen LogP contribution in [0, 0.1) is 0 Å². The second kappa shape index (κ2) is 5.24. The lowest BCUT2D eigenvalue weighted by molar-refractivity contribution is 0.111. The van der Waals surface area contributed by atoms with Gasteiger partial charge in [-0.1, -0.05) is 0 Å². The fourth-order valence-electron chi connectivity index (χ4n) is 1.25. The molecular weight excluding hydrogens is 196 g/mol. The van der Waals surface area contributed by atoms with Crippen LogP contribution < -0.4 is 14.2 Å². The summed E-state index contributed by atoms with van der Waals surface area (Å²) in [5, 5.41) is 0. The highest BCUT2D eigenvalue weighted by atomic mass is 16.5. The lowest BCUT2D eigenvalue weighted by Gasteiger charge is -2.11. The summed E-state index contributed by atoms with van der Waals surface area (Å²) in [5.41, 5.74) is 0.453. The van der Waals surface area contributed by atoms with Gasteiger partial charge >= 0.3 is 0 Å². The summed E-state index contributed by atoms with van der Waals surface area (Å²) in [6.07, 6.45) is 0.729. The van der Waals surface area contributed by atoms with Crippen molar-refractivity contribution in [3.05, 3.63) is 17.7 Å². The monoisotopic (exact) mass is 210 g/mol. The largest absolute Gasteiger partial charge is 0.493 e. The molecule has 0 unspecified atom stereocenters. The van der Waals surface area contributed by atoms with Crippen molar-refractivity contribution in [2.45, 2.75) is 6.92 Å². The van der Waals surface area contributed by atoms with E-state index in [4.69, 9.17) is 14.2 Å². The van der Waals surface area contributed by atoms with Crippen LogP contribution in [0.1, 0.15) is 17.3 Å². The molecule has 0 amide bonds. The van der Waals surface area contributed by atoms with Crippen molar-refractivity contribution in [3.63, 3.8) is 0 Å². The second-order valence-corrected chi connectivity index (χ2v) is 2.80. The fraction of sp³-hybridized carbons (Fsp3) is 0.364. The van der Waals surface area contributed by atoms with Crippen molar-refractivity contribution in [2.75, 3.05) is 20.8 Å². The quantitative estimate of drug-likeness (QED) is 0.696. The summed E-state index contributed by atoms with van der Waals surface area (Å²) in [7, 11) is 3.06. The Morgan fingerprint density at radius 3 is 2.20 bits per heavy atom. The predicted molar refractivity (Wildman–Crippen MR) is 56.1 cm³/mol. The summed E-state index contributed by atoms with van der Waals surface area (Å²) in [5.74, 6) is 1.57. The van der Waals surface area contributed by atoms with E-state index in [0.29, 0.717) is 29.4 Å². The molecule has 0 fully saturated rings. The van der Waals surface area contributed by atoms with Crippen molar-refractivity contribution in [1.82, 2.24) is 0 Å². The first-order valence-electron chi connectivity index (χ1n) is 4.60. The van der Waals surface area contributed by atoms with Gasteiger partial charge in [0.05, 0.1) is 26.4 Å². The molecule has 0 N–H and O–H groups in total. The first-order chi connectivity index (χ1) is 7.26. The van der Waals surface area contributed by atoms with Crippen LogP contribution in [0.15, 0.2) is 12.1 Å². The van der Waals surface area contributed by atoms with Gasteiger partial charge in [0.15, 0.2) is 17.8 Å².